The van der Waals surface area contributed by atoms with Crippen LogP contribution in [0, 0.1) is 0 Å². The topological polar surface area (TPSA) is 41.6 Å². The lowest BCUT2D eigenvalue weighted by Gasteiger charge is -2.33. The second kappa shape index (κ2) is 5.20. The lowest BCUT2D eigenvalue weighted by molar-refractivity contribution is 0.0525. The summed E-state index contributed by atoms with van der Waals surface area (Å²) in [6, 6.07) is 0.236. The van der Waals surface area contributed by atoms with E-state index in [0.29, 0.717) is 0 Å². The van der Waals surface area contributed by atoms with Crippen molar-refractivity contribution in [1.29, 1.82) is 0 Å². The first-order valence-corrected chi connectivity index (χ1v) is 5.33. The number of piperazine rings is 1. The Morgan fingerprint density at radius 3 is 3.00 bits per heavy atom. The van der Waals surface area contributed by atoms with Crippen molar-refractivity contribution < 1.29 is 9.53 Å². The monoisotopic (exact) mass is 200 g/mol. The van der Waals surface area contributed by atoms with Gasteiger partial charge in [-0.05, 0) is 20.3 Å². The predicted molar refractivity (Wildman–Crippen MR) is 55.3 cm³/mol. The van der Waals surface area contributed by atoms with Crippen LogP contribution in [0.3, 0.4) is 0 Å². The van der Waals surface area contributed by atoms with Gasteiger partial charge in [0.15, 0.2) is 0 Å². The largest absolute Gasteiger partial charge is 0.446 e. The van der Waals surface area contributed by atoms with Crippen LogP contribution in [0.4, 0.5) is 4.79 Å². The summed E-state index contributed by atoms with van der Waals surface area (Å²) in [6.45, 7) is 8.43. The highest BCUT2D eigenvalue weighted by molar-refractivity contribution is 5.68. The smallest absolute Gasteiger partial charge is 0.410 e. The summed E-state index contributed by atoms with van der Waals surface area (Å²) in [5.74, 6) is 0. The molecule has 0 aromatic carbocycles. The van der Waals surface area contributed by atoms with Crippen LogP contribution in [-0.4, -0.2) is 42.8 Å². The quantitative estimate of drug-likeness (QED) is 0.728. The predicted octanol–water partition coefficient (Wildman–Crippen LogP) is 1.22. The Labute approximate surface area is 85.6 Å². The number of rotatable bonds is 2. The zero-order valence-corrected chi connectivity index (χ0v) is 9.25. The Kier molecular flexibility index (Phi) is 4.20. The summed E-state index contributed by atoms with van der Waals surface area (Å²) in [7, 11) is 0. The maximum atomic E-state index is 11.7. The molecule has 0 spiro atoms. The lowest BCUT2D eigenvalue weighted by atomic mass is 10.2. The van der Waals surface area contributed by atoms with Crippen LogP contribution in [0.5, 0.6) is 0 Å². The number of nitrogens with zero attached hydrogens (tertiary/aromatic N) is 1. The van der Waals surface area contributed by atoms with E-state index in [1.54, 1.807) is 4.90 Å². The minimum absolute atomic E-state index is 0.0181. The summed E-state index contributed by atoms with van der Waals surface area (Å²) >= 11 is 0. The van der Waals surface area contributed by atoms with Crippen molar-refractivity contribution in [3.05, 3.63) is 0 Å². The molecule has 14 heavy (non-hydrogen) atoms. The molecular weight excluding hydrogens is 180 g/mol. The van der Waals surface area contributed by atoms with E-state index >= 15 is 0 Å². The Balaban J connectivity index is 2.42. The van der Waals surface area contributed by atoms with Crippen molar-refractivity contribution in [1.82, 2.24) is 10.2 Å². The van der Waals surface area contributed by atoms with E-state index in [2.05, 4.69) is 5.32 Å². The molecule has 1 aliphatic rings. The lowest BCUT2D eigenvalue weighted by Crippen LogP contribution is -2.52. The Morgan fingerprint density at radius 1 is 1.71 bits per heavy atom. The first kappa shape index (κ1) is 11.3. The van der Waals surface area contributed by atoms with Crippen LogP contribution in [0.2, 0.25) is 0 Å². The number of hydrogen-bond donors (Lipinski definition) is 1. The van der Waals surface area contributed by atoms with Gasteiger partial charge in [-0.25, -0.2) is 4.79 Å². The van der Waals surface area contributed by atoms with E-state index in [0.717, 1.165) is 26.1 Å². The first-order valence-electron chi connectivity index (χ1n) is 5.33. The molecule has 0 radical (unpaired) electrons. The molecule has 1 N–H and O–H groups in total. The summed E-state index contributed by atoms with van der Waals surface area (Å²) in [5, 5.41) is 3.24. The van der Waals surface area contributed by atoms with Crippen molar-refractivity contribution >= 4 is 6.09 Å². The van der Waals surface area contributed by atoms with Crippen LogP contribution < -0.4 is 5.32 Å². The maximum absolute atomic E-state index is 11.7. The number of amides is 1. The molecule has 1 aliphatic heterocycles. The van der Waals surface area contributed by atoms with Crippen molar-refractivity contribution in [2.24, 2.45) is 0 Å². The van der Waals surface area contributed by atoms with Gasteiger partial charge in [-0.15, -0.1) is 0 Å². The highest BCUT2D eigenvalue weighted by Gasteiger charge is 2.24. The first-order chi connectivity index (χ1) is 6.65. The molecule has 0 bridgehead atoms. The van der Waals surface area contributed by atoms with Crippen molar-refractivity contribution in [2.45, 2.75) is 39.3 Å². The second-order valence-corrected chi connectivity index (χ2v) is 3.85. The van der Waals surface area contributed by atoms with E-state index < -0.39 is 0 Å². The molecule has 0 saturated carbocycles. The van der Waals surface area contributed by atoms with Crippen molar-refractivity contribution in [2.75, 3.05) is 19.6 Å². The number of nitrogens with one attached hydrogen (secondary N) is 1. The third kappa shape index (κ3) is 2.87. The molecule has 2 atom stereocenters. The number of ether oxygens (including phenoxy) is 1. The second-order valence-electron chi connectivity index (χ2n) is 3.85. The summed E-state index contributed by atoms with van der Waals surface area (Å²) in [4.78, 5) is 13.4. The van der Waals surface area contributed by atoms with Gasteiger partial charge in [-0.1, -0.05) is 6.92 Å². The summed E-state index contributed by atoms with van der Waals surface area (Å²) < 4.78 is 5.27. The van der Waals surface area contributed by atoms with Gasteiger partial charge in [0.2, 0.25) is 0 Å². The number of hydrogen-bond acceptors (Lipinski definition) is 3. The molecule has 4 heteroatoms. The molecule has 1 rings (SSSR count). The van der Waals surface area contributed by atoms with Gasteiger partial charge in [0.05, 0.1) is 0 Å². The van der Waals surface area contributed by atoms with Crippen molar-refractivity contribution in [3.63, 3.8) is 0 Å². The Morgan fingerprint density at radius 2 is 2.43 bits per heavy atom. The minimum atomic E-state index is -0.173. The van der Waals surface area contributed by atoms with E-state index in [4.69, 9.17) is 4.74 Å². The highest BCUT2D eigenvalue weighted by atomic mass is 16.6. The number of carbonyl (C=O) groups excluding carboxylic acids is 1. The van der Waals surface area contributed by atoms with Gasteiger partial charge in [0.25, 0.3) is 0 Å². The molecule has 1 heterocycles. The van der Waals surface area contributed by atoms with Crippen LogP contribution in [0.25, 0.3) is 0 Å². The summed E-state index contributed by atoms with van der Waals surface area (Å²) in [6.07, 6.45) is 0.713. The Hall–Kier alpha value is -0.770. The average molecular weight is 200 g/mol. The number of carbonyl (C=O) groups is 1. The fraction of sp³-hybridized carbons (Fsp3) is 0.900. The molecule has 1 unspecified atom stereocenters. The Bertz CT molecular complexity index is 197. The molecule has 0 aromatic rings. The standard InChI is InChI=1S/C10H20N2O2/c1-4-9(3)14-10(13)12-6-5-11-7-8(12)2/h8-9,11H,4-7H2,1-3H3/t8?,9-/m0/s1. The molecule has 1 saturated heterocycles. The zero-order valence-electron chi connectivity index (χ0n) is 9.25. The fourth-order valence-corrected chi connectivity index (χ4v) is 1.44. The van der Waals surface area contributed by atoms with Gasteiger partial charge < -0.3 is 15.0 Å². The minimum Gasteiger partial charge on any atom is -0.446 e. The molecule has 1 fully saturated rings. The van der Waals surface area contributed by atoms with Crippen LogP contribution >= 0.6 is 0 Å². The zero-order chi connectivity index (χ0) is 10.6. The molecular formula is C10H20N2O2. The SMILES string of the molecule is CC[C@H](C)OC(=O)N1CCNCC1C. The van der Waals surface area contributed by atoms with E-state index in [1.807, 2.05) is 20.8 Å². The molecule has 0 aromatic heterocycles. The van der Waals surface area contributed by atoms with E-state index in [9.17, 15) is 4.79 Å². The van der Waals surface area contributed by atoms with Gasteiger partial charge in [0, 0.05) is 25.7 Å². The van der Waals surface area contributed by atoms with Gasteiger partial charge >= 0.3 is 6.09 Å². The third-order valence-corrected chi connectivity index (χ3v) is 2.61. The highest BCUT2D eigenvalue weighted by Crippen LogP contribution is 2.07. The molecule has 0 aliphatic carbocycles. The fourth-order valence-electron chi connectivity index (χ4n) is 1.44. The average Bonchev–Trinajstić information content (AvgIpc) is 2.18. The van der Waals surface area contributed by atoms with Crippen molar-refractivity contribution in [3.8, 4) is 0 Å². The van der Waals surface area contributed by atoms with Crippen LogP contribution in [-0.2, 0) is 4.74 Å². The van der Waals surface area contributed by atoms with Gasteiger partial charge in [0.1, 0.15) is 6.10 Å². The molecule has 82 valence electrons. The van der Waals surface area contributed by atoms with E-state index in [-0.39, 0.29) is 18.2 Å². The maximum Gasteiger partial charge on any atom is 0.410 e. The third-order valence-electron chi connectivity index (χ3n) is 2.61. The molecule has 4 nitrogen and oxygen atoms in total. The van der Waals surface area contributed by atoms with Gasteiger partial charge in [-0.2, -0.15) is 0 Å². The van der Waals surface area contributed by atoms with Crippen LogP contribution in [0.1, 0.15) is 27.2 Å². The van der Waals surface area contributed by atoms with E-state index in [1.165, 1.54) is 0 Å². The van der Waals surface area contributed by atoms with Gasteiger partial charge in [-0.3, -0.25) is 0 Å². The van der Waals surface area contributed by atoms with Crippen LogP contribution in [0.15, 0.2) is 0 Å². The summed E-state index contributed by atoms with van der Waals surface area (Å²) in [5.41, 5.74) is 0. The molecule has 1 amide bonds. The normalized spacial score (nSPS) is 24.5.